The summed E-state index contributed by atoms with van der Waals surface area (Å²) in [6.45, 7) is 4.78. The van der Waals surface area contributed by atoms with Crippen LogP contribution in [-0.2, 0) is 17.6 Å². The van der Waals surface area contributed by atoms with Crippen molar-refractivity contribution in [3.63, 3.8) is 0 Å². The number of hydrogen-bond donors (Lipinski definition) is 2. The molecule has 2 unspecified atom stereocenters. The van der Waals surface area contributed by atoms with Crippen molar-refractivity contribution in [2.75, 3.05) is 13.2 Å². The highest BCUT2D eigenvalue weighted by Gasteiger charge is 2.24. The Hall–Kier alpha value is -1.75. The zero-order valence-corrected chi connectivity index (χ0v) is 12.0. The van der Waals surface area contributed by atoms with E-state index in [0.717, 1.165) is 29.0 Å². The number of hydrogen-bond acceptors (Lipinski definition) is 4. The Labute approximate surface area is 119 Å². The number of carbonyl (C=O) groups is 1. The summed E-state index contributed by atoms with van der Waals surface area (Å²) < 4.78 is 11.4. The Morgan fingerprint density at radius 2 is 2.30 bits per heavy atom. The maximum absolute atomic E-state index is 11.4. The minimum Gasteiger partial charge on any atom is -0.494 e. The fourth-order valence-corrected chi connectivity index (χ4v) is 2.50. The molecule has 0 saturated carbocycles. The second kappa shape index (κ2) is 6.13. The average Bonchev–Trinajstić information content (AvgIpc) is 2.74. The van der Waals surface area contributed by atoms with Crippen LogP contribution in [0.25, 0.3) is 0 Å². The van der Waals surface area contributed by atoms with E-state index in [1.165, 1.54) is 0 Å². The van der Waals surface area contributed by atoms with E-state index in [1.807, 2.05) is 26.0 Å². The summed E-state index contributed by atoms with van der Waals surface area (Å²) in [4.78, 5) is 11.4. The molecule has 1 aromatic rings. The molecule has 1 aliphatic heterocycles. The first-order valence-corrected chi connectivity index (χ1v) is 6.99. The fourth-order valence-electron chi connectivity index (χ4n) is 2.50. The summed E-state index contributed by atoms with van der Waals surface area (Å²) in [6, 6.07) is 3.96. The Bertz CT molecular complexity index is 502. The minimum atomic E-state index is -0.385. The van der Waals surface area contributed by atoms with Gasteiger partial charge in [-0.15, -0.1) is 0 Å². The molecule has 1 aromatic carbocycles. The minimum absolute atomic E-state index is 0.177. The lowest BCUT2D eigenvalue weighted by molar-refractivity contribution is -0.121. The second-order valence-electron chi connectivity index (χ2n) is 5.17. The van der Waals surface area contributed by atoms with Gasteiger partial charge in [-0.25, -0.2) is 0 Å². The van der Waals surface area contributed by atoms with Gasteiger partial charge in [0.05, 0.1) is 12.5 Å². The van der Waals surface area contributed by atoms with Gasteiger partial charge in [-0.05, 0) is 38.0 Å². The molecule has 0 bridgehead atoms. The van der Waals surface area contributed by atoms with E-state index < -0.39 is 0 Å². The van der Waals surface area contributed by atoms with Crippen LogP contribution >= 0.6 is 0 Å². The lowest BCUT2D eigenvalue weighted by atomic mass is 9.96. The van der Waals surface area contributed by atoms with Gasteiger partial charge >= 0.3 is 0 Å². The Balaban J connectivity index is 2.31. The lowest BCUT2D eigenvalue weighted by Gasteiger charge is -2.16. The zero-order chi connectivity index (χ0) is 14.7. The van der Waals surface area contributed by atoms with Crippen molar-refractivity contribution in [2.45, 2.75) is 32.8 Å². The predicted octanol–water partition coefficient (Wildman–Crippen LogP) is 1.01. The van der Waals surface area contributed by atoms with Crippen LogP contribution in [0.2, 0.25) is 0 Å². The maximum atomic E-state index is 11.4. The van der Waals surface area contributed by atoms with Crippen LogP contribution in [0.4, 0.5) is 0 Å². The van der Waals surface area contributed by atoms with Gasteiger partial charge in [0.1, 0.15) is 17.6 Å². The van der Waals surface area contributed by atoms with Crippen LogP contribution in [0, 0.1) is 5.92 Å². The number of benzene rings is 1. The van der Waals surface area contributed by atoms with E-state index in [-0.39, 0.29) is 24.5 Å². The average molecular weight is 278 g/mol. The molecule has 1 aliphatic rings. The molecule has 110 valence electrons. The molecule has 4 N–H and O–H groups in total. The van der Waals surface area contributed by atoms with Crippen LogP contribution in [0.15, 0.2) is 12.1 Å². The van der Waals surface area contributed by atoms with E-state index in [0.29, 0.717) is 13.0 Å². The van der Waals surface area contributed by atoms with Crippen molar-refractivity contribution in [1.29, 1.82) is 0 Å². The molecule has 1 amide bonds. The van der Waals surface area contributed by atoms with Gasteiger partial charge in [-0.1, -0.05) is 0 Å². The van der Waals surface area contributed by atoms with E-state index in [4.69, 9.17) is 20.9 Å². The van der Waals surface area contributed by atoms with Gasteiger partial charge in [0.25, 0.3) is 0 Å². The van der Waals surface area contributed by atoms with Crippen molar-refractivity contribution in [2.24, 2.45) is 17.4 Å². The third-order valence-electron chi connectivity index (χ3n) is 3.53. The van der Waals surface area contributed by atoms with Crippen molar-refractivity contribution in [3.05, 3.63) is 23.3 Å². The Kier molecular flexibility index (Phi) is 4.49. The molecule has 0 saturated heterocycles. The Morgan fingerprint density at radius 3 is 2.90 bits per heavy atom. The van der Waals surface area contributed by atoms with E-state index in [1.54, 1.807) is 0 Å². The van der Waals surface area contributed by atoms with E-state index >= 15 is 0 Å². The molecule has 0 radical (unpaired) electrons. The topological polar surface area (TPSA) is 87.6 Å². The first-order chi connectivity index (χ1) is 9.55. The molecule has 1 heterocycles. The highest BCUT2D eigenvalue weighted by Crippen LogP contribution is 2.36. The molecular formula is C15H22N2O3. The number of fused-ring (bicyclic) bond motifs is 1. The van der Waals surface area contributed by atoms with E-state index in [9.17, 15) is 4.79 Å². The summed E-state index contributed by atoms with van der Waals surface area (Å²) in [6.07, 6.45) is 1.54. The maximum Gasteiger partial charge on any atom is 0.222 e. The molecule has 0 fully saturated rings. The van der Waals surface area contributed by atoms with Crippen molar-refractivity contribution in [3.8, 4) is 11.5 Å². The Morgan fingerprint density at radius 1 is 1.55 bits per heavy atom. The summed E-state index contributed by atoms with van der Waals surface area (Å²) >= 11 is 0. The number of amides is 1. The fraction of sp³-hybridized carbons (Fsp3) is 0.533. The van der Waals surface area contributed by atoms with Crippen LogP contribution in [0.3, 0.4) is 0 Å². The van der Waals surface area contributed by atoms with Crippen LogP contribution in [0.5, 0.6) is 11.5 Å². The number of primary amides is 1. The first-order valence-electron chi connectivity index (χ1n) is 6.99. The van der Waals surface area contributed by atoms with Gasteiger partial charge in [-0.3, -0.25) is 4.79 Å². The highest BCUT2D eigenvalue weighted by atomic mass is 16.5. The second-order valence-corrected chi connectivity index (χ2v) is 5.17. The molecule has 0 aromatic heterocycles. The van der Waals surface area contributed by atoms with Crippen LogP contribution in [-0.4, -0.2) is 25.2 Å². The van der Waals surface area contributed by atoms with Gasteiger partial charge < -0.3 is 20.9 Å². The van der Waals surface area contributed by atoms with Gasteiger partial charge in [0, 0.05) is 18.5 Å². The molecule has 20 heavy (non-hydrogen) atoms. The van der Waals surface area contributed by atoms with Crippen molar-refractivity contribution < 1.29 is 14.3 Å². The van der Waals surface area contributed by atoms with Gasteiger partial charge in [0.15, 0.2) is 0 Å². The monoisotopic (exact) mass is 278 g/mol. The van der Waals surface area contributed by atoms with Gasteiger partial charge in [0.2, 0.25) is 5.91 Å². The largest absolute Gasteiger partial charge is 0.494 e. The molecular weight excluding hydrogens is 256 g/mol. The molecule has 2 rings (SSSR count). The number of nitrogens with two attached hydrogens (primary N) is 2. The quantitative estimate of drug-likeness (QED) is 0.813. The van der Waals surface area contributed by atoms with Crippen LogP contribution in [0.1, 0.15) is 25.0 Å². The van der Waals surface area contributed by atoms with Gasteiger partial charge in [-0.2, -0.15) is 0 Å². The number of ether oxygens (including phenoxy) is 2. The van der Waals surface area contributed by atoms with Crippen LogP contribution < -0.4 is 20.9 Å². The van der Waals surface area contributed by atoms with Crippen molar-refractivity contribution in [1.82, 2.24) is 0 Å². The number of rotatable bonds is 6. The third-order valence-corrected chi connectivity index (χ3v) is 3.53. The molecule has 0 spiro atoms. The first kappa shape index (κ1) is 14.7. The lowest BCUT2D eigenvalue weighted by Crippen LogP contribution is -2.31. The summed E-state index contributed by atoms with van der Waals surface area (Å²) in [5, 5.41) is 0. The SMILES string of the molecule is CCOc1cc2c(cc1CC(CN)C(N)=O)OC(C)C2. The predicted molar refractivity (Wildman–Crippen MR) is 76.8 cm³/mol. The smallest absolute Gasteiger partial charge is 0.222 e. The standard InChI is InChI=1S/C15H22N2O3/c1-3-19-13-6-10-4-9(2)20-14(10)7-11(13)5-12(8-16)15(17)18/h6-7,9,12H,3-5,8,16H2,1-2H3,(H2,17,18). The zero-order valence-electron chi connectivity index (χ0n) is 12.0. The number of carbonyl (C=O) groups excluding carboxylic acids is 1. The summed E-state index contributed by atoms with van der Waals surface area (Å²) in [5.74, 6) is 0.899. The summed E-state index contributed by atoms with van der Waals surface area (Å²) in [7, 11) is 0. The molecule has 5 nitrogen and oxygen atoms in total. The molecule has 5 heteroatoms. The van der Waals surface area contributed by atoms with Crippen molar-refractivity contribution >= 4 is 5.91 Å². The van der Waals surface area contributed by atoms with E-state index in [2.05, 4.69) is 0 Å². The molecule has 2 atom stereocenters. The summed E-state index contributed by atoms with van der Waals surface area (Å²) in [5.41, 5.74) is 13.0. The normalized spacial score (nSPS) is 18.2. The third kappa shape index (κ3) is 3.04. The highest BCUT2D eigenvalue weighted by molar-refractivity contribution is 5.77. The molecule has 0 aliphatic carbocycles.